The fourth-order valence-corrected chi connectivity index (χ4v) is 5.55. The summed E-state index contributed by atoms with van der Waals surface area (Å²) in [5, 5.41) is 44.2. The maximum absolute atomic E-state index is 11.4. The molecule has 0 spiro atoms. The minimum Gasteiger partial charge on any atom is -0.507 e. The number of carbonyl (C=O) groups is 1. The smallest absolute Gasteiger partial charge is 0.314 e. The standard InChI is InChI=1S/C33H45N7O6/c1-22(2)31(33(42)43)29-18-30(38-46-29)45-16-6-15-44-14-5-11-39-12-9-23(10-13-39)20-40-21-24(19-37-40)26(32(35)36)17-27(34)25-7-3-4-8-28(25)41/h3-4,7-8,17-19,21-23,31,34,41H,5-6,9-16,20H2,1-2H3,(H3,35,36)(H,42,43)/b26-17-,34-27?. The van der Waals surface area contributed by atoms with E-state index >= 15 is 0 Å². The summed E-state index contributed by atoms with van der Waals surface area (Å²) in [4.78, 5) is 13.9. The molecule has 6 N–H and O–H groups in total. The molecule has 2 aromatic heterocycles. The maximum Gasteiger partial charge on any atom is 0.314 e. The number of likely N-dealkylation sites (tertiary alicyclic amines) is 1. The first-order chi connectivity index (χ1) is 22.1. The number of ether oxygens (including phenoxy) is 2. The highest BCUT2D eigenvalue weighted by atomic mass is 16.5. The van der Waals surface area contributed by atoms with Crippen molar-refractivity contribution >= 4 is 23.1 Å². The predicted molar refractivity (Wildman–Crippen MR) is 173 cm³/mol. The van der Waals surface area contributed by atoms with Crippen LogP contribution in [0.25, 0.3) is 5.57 Å². The number of phenolic OH excluding ortho intramolecular Hbond substituents is 1. The Morgan fingerprint density at radius 1 is 1.17 bits per heavy atom. The molecule has 46 heavy (non-hydrogen) atoms. The molecule has 0 bridgehead atoms. The first-order valence-corrected chi connectivity index (χ1v) is 15.7. The number of allylic oxidation sites excluding steroid dienone is 1. The Morgan fingerprint density at radius 3 is 2.61 bits per heavy atom. The fourth-order valence-electron chi connectivity index (χ4n) is 5.55. The Hall–Kier alpha value is -4.49. The van der Waals surface area contributed by atoms with Gasteiger partial charge in [0.2, 0.25) is 0 Å². The van der Waals surface area contributed by atoms with Gasteiger partial charge < -0.3 is 40.3 Å². The predicted octanol–water partition coefficient (Wildman–Crippen LogP) is 4.38. The van der Waals surface area contributed by atoms with Gasteiger partial charge in [-0.3, -0.25) is 14.9 Å². The van der Waals surface area contributed by atoms with Crippen LogP contribution in [0.5, 0.6) is 11.6 Å². The van der Waals surface area contributed by atoms with Crippen molar-refractivity contribution in [3.63, 3.8) is 0 Å². The molecule has 1 unspecified atom stereocenters. The number of aromatic nitrogens is 3. The van der Waals surface area contributed by atoms with E-state index in [2.05, 4.69) is 15.2 Å². The number of phenols is 1. The van der Waals surface area contributed by atoms with Crippen LogP contribution in [-0.4, -0.2) is 87.0 Å². The summed E-state index contributed by atoms with van der Waals surface area (Å²) in [7, 11) is 0. The van der Waals surface area contributed by atoms with Crippen molar-refractivity contribution in [3.05, 3.63) is 65.7 Å². The van der Waals surface area contributed by atoms with Crippen molar-refractivity contribution < 1.29 is 29.0 Å². The molecule has 3 aromatic rings. The number of para-hydroxylation sites is 1. The van der Waals surface area contributed by atoms with Gasteiger partial charge in [0.1, 0.15) is 17.5 Å². The lowest BCUT2D eigenvalue weighted by Gasteiger charge is -2.31. The molecule has 0 radical (unpaired) electrons. The molecular formula is C33H45N7O6. The van der Waals surface area contributed by atoms with Crippen LogP contribution < -0.4 is 10.5 Å². The van der Waals surface area contributed by atoms with Gasteiger partial charge in [-0.2, -0.15) is 5.10 Å². The zero-order valence-corrected chi connectivity index (χ0v) is 26.5. The molecule has 0 amide bonds. The van der Waals surface area contributed by atoms with E-state index < -0.39 is 11.9 Å². The first-order valence-electron chi connectivity index (χ1n) is 15.7. The molecule has 1 atom stereocenters. The van der Waals surface area contributed by atoms with Crippen molar-refractivity contribution in [2.75, 3.05) is 39.5 Å². The topological polar surface area (TPSA) is 197 Å². The molecule has 0 aliphatic carbocycles. The highest BCUT2D eigenvalue weighted by molar-refractivity contribution is 6.27. The van der Waals surface area contributed by atoms with Gasteiger partial charge in [-0.05, 0) is 67.6 Å². The molecule has 13 nitrogen and oxygen atoms in total. The fraction of sp³-hybridized carbons (Fsp3) is 0.485. The largest absolute Gasteiger partial charge is 0.507 e. The SMILES string of the molecule is CC(C)C(C(=O)O)c1cc(OCCCOCCCN2CCC(Cn3cc(/C(=C/C(=N)c4ccccc4O)C(=N)N)cn3)CC2)no1. The first kappa shape index (κ1) is 34.4. The van der Waals surface area contributed by atoms with Crippen molar-refractivity contribution in [1.29, 1.82) is 10.8 Å². The van der Waals surface area contributed by atoms with Crippen LogP contribution >= 0.6 is 0 Å². The molecule has 4 rings (SSSR count). The number of aromatic hydroxyl groups is 1. The van der Waals surface area contributed by atoms with Gasteiger partial charge in [0.25, 0.3) is 5.88 Å². The molecule has 1 aliphatic rings. The van der Waals surface area contributed by atoms with E-state index in [0.29, 0.717) is 54.6 Å². The lowest BCUT2D eigenvalue weighted by molar-refractivity contribution is -0.140. The van der Waals surface area contributed by atoms with Gasteiger partial charge in [0.15, 0.2) is 5.76 Å². The number of nitrogens with one attached hydrogen (secondary N) is 2. The highest BCUT2D eigenvalue weighted by Crippen LogP contribution is 2.27. The van der Waals surface area contributed by atoms with E-state index in [1.165, 1.54) is 12.1 Å². The van der Waals surface area contributed by atoms with Gasteiger partial charge in [-0.1, -0.05) is 26.0 Å². The number of carboxylic acids is 1. The van der Waals surface area contributed by atoms with E-state index in [9.17, 15) is 15.0 Å². The molecule has 13 heteroatoms. The maximum atomic E-state index is 11.4. The summed E-state index contributed by atoms with van der Waals surface area (Å²) in [5.74, 6) is -0.895. The van der Waals surface area contributed by atoms with E-state index in [1.54, 1.807) is 30.5 Å². The second kappa shape index (κ2) is 16.7. The van der Waals surface area contributed by atoms with Crippen molar-refractivity contribution in [2.24, 2.45) is 17.6 Å². The van der Waals surface area contributed by atoms with Gasteiger partial charge in [0, 0.05) is 61.7 Å². The molecule has 3 heterocycles. The van der Waals surface area contributed by atoms with Crippen LogP contribution in [0.2, 0.25) is 0 Å². The summed E-state index contributed by atoms with van der Waals surface area (Å²) >= 11 is 0. The number of hydrogen-bond acceptors (Lipinski definition) is 10. The Bertz CT molecular complexity index is 1490. The number of amidine groups is 1. The average molecular weight is 636 g/mol. The number of benzene rings is 1. The summed E-state index contributed by atoms with van der Waals surface area (Å²) in [6.45, 7) is 9.08. The quantitative estimate of drug-likeness (QED) is 0.0760. The average Bonchev–Trinajstić information content (AvgIpc) is 3.67. The number of piperidine rings is 1. The normalized spacial score (nSPS) is 15.2. The third kappa shape index (κ3) is 9.75. The zero-order valence-electron chi connectivity index (χ0n) is 26.5. The van der Waals surface area contributed by atoms with Crippen molar-refractivity contribution in [1.82, 2.24) is 19.8 Å². The number of nitrogens with zero attached hydrogens (tertiary/aromatic N) is 4. The Balaban J connectivity index is 1.10. The number of hydrogen-bond donors (Lipinski definition) is 5. The third-order valence-corrected chi connectivity index (χ3v) is 8.06. The number of carboxylic acid groups (broad SMARTS) is 1. The van der Waals surface area contributed by atoms with Crippen LogP contribution in [0.1, 0.15) is 62.3 Å². The van der Waals surface area contributed by atoms with Crippen molar-refractivity contribution in [3.8, 4) is 11.6 Å². The van der Waals surface area contributed by atoms with Crippen LogP contribution in [-0.2, 0) is 16.1 Å². The zero-order chi connectivity index (χ0) is 33.1. The van der Waals surface area contributed by atoms with Gasteiger partial charge >= 0.3 is 5.97 Å². The Morgan fingerprint density at radius 2 is 1.91 bits per heavy atom. The van der Waals surface area contributed by atoms with E-state index in [4.69, 9.17) is 30.5 Å². The second-order valence-corrected chi connectivity index (χ2v) is 11.9. The summed E-state index contributed by atoms with van der Waals surface area (Å²) in [6.07, 6.45) is 8.80. The summed E-state index contributed by atoms with van der Waals surface area (Å²) < 4.78 is 18.4. The lowest BCUT2D eigenvalue weighted by atomic mass is 9.94. The van der Waals surface area contributed by atoms with E-state index in [-0.39, 0.29) is 29.1 Å². The van der Waals surface area contributed by atoms with Gasteiger partial charge in [-0.15, -0.1) is 0 Å². The third-order valence-electron chi connectivity index (χ3n) is 8.06. The van der Waals surface area contributed by atoms with E-state index in [1.807, 2.05) is 24.7 Å². The van der Waals surface area contributed by atoms with Crippen LogP contribution in [0.3, 0.4) is 0 Å². The molecule has 1 aromatic carbocycles. The number of rotatable bonds is 18. The lowest BCUT2D eigenvalue weighted by Crippen LogP contribution is -2.36. The highest BCUT2D eigenvalue weighted by Gasteiger charge is 2.28. The van der Waals surface area contributed by atoms with Gasteiger partial charge in [-0.25, -0.2) is 0 Å². The molecule has 248 valence electrons. The molecular weight excluding hydrogens is 590 g/mol. The monoisotopic (exact) mass is 635 g/mol. The molecule has 0 saturated carbocycles. The summed E-state index contributed by atoms with van der Waals surface area (Å²) in [5.41, 5.74) is 7.35. The molecule has 1 saturated heterocycles. The Labute approximate surface area is 269 Å². The second-order valence-electron chi connectivity index (χ2n) is 11.9. The summed E-state index contributed by atoms with van der Waals surface area (Å²) in [6, 6.07) is 8.16. The minimum atomic E-state index is -0.944. The van der Waals surface area contributed by atoms with Crippen LogP contribution in [0, 0.1) is 22.7 Å². The molecule has 1 fully saturated rings. The Kier molecular flexibility index (Phi) is 12.5. The number of aliphatic carboxylic acids is 1. The molecule has 1 aliphatic heterocycles. The van der Waals surface area contributed by atoms with Gasteiger partial charge in [0.05, 0.1) is 18.5 Å². The van der Waals surface area contributed by atoms with Crippen LogP contribution in [0.15, 0.2) is 53.3 Å². The number of nitrogens with two attached hydrogens (primary N) is 1. The van der Waals surface area contributed by atoms with E-state index in [0.717, 1.165) is 45.4 Å². The minimum absolute atomic E-state index is 0.00277. The van der Waals surface area contributed by atoms with Crippen molar-refractivity contribution in [2.45, 2.75) is 52.0 Å². The van der Waals surface area contributed by atoms with Crippen LogP contribution in [0.4, 0.5) is 0 Å².